The molecule has 0 bridgehead atoms. The summed E-state index contributed by atoms with van der Waals surface area (Å²) < 4.78 is 15.0. The fourth-order valence-corrected chi connectivity index (χ4v) is 5.68. The van der Waals surface area contributed by atoms with Crippen LogP contribution in [0, 0.1) is 12.7 Å². The van der Waals surface area contributed by atoms with E-state index in [9.17, 15) is 14.0 Å². The summed E-state index contributed by atoms with van der Waals surface area (Å²) >= 11 is 6.80. The first kappa shape index (κ1) is 28.4. The van der Waals surface area contributed by atoms with Gasteiger partial charge in [-0.2, -0.15) is 0 Å². The normalized spacial score (nSPS) is 17.4. The topological polar surface area (TPSA) is 82.0 Å². The number of hydrogen-bond donors (Lipinski definition) is 0. The van der Waals surface area contributed by atoms with Gasteiger partial charge >= 0.3 is 0 Å². The highest BCUT2D eigenvalue weighted by atomic mass is 35.5. The minimum Gasteiger partial charge on any atom is -0.350 e. The Morgan fingerprint density at radius 3 is 2.63 bits per heavy atom. The smallest absolute Gasteiger partial charge is 0.246 e. The zero-order valence-corrected chi connectivity index (χ0v) is 24.1. The van der Waals surface area contributed by atoms with Gasteiger partial charge in [-0.15, -0.1) is 0 Å². The predicted molar refractivity (Wildman–Crippen MR) is 159 cm³/mol. The summed E-state index contributed by atoms with van der Waals surface area (Å²) in [4.78, 5) is 44.7. The molecule has 10 heteroatoms. The molecule has 1 atom stereocenters. The Morgan fingerprint density at radius 1 is 1.24 bits per heavy atom. The van der Waals surface area contributed by atoms with Crippen LogP contribution in [0.5, 0.6) is 0 Å². The molecule has 1 aromatic carbocycles. The molecule has 1 aliphatic carbocycles. The van der Waals surface area contributed by atoms with Gasteiger partial charge in [0.05, 0.1) is 27.7 Å². The molecule has 1 saturated carbocycles. The zero-order valence-electron chi connectivity index (χ0n) is 23.3. The van der Waals surface area contributed by atoms with Crippen molar-refractivity contribution in [3.63, 3.8) is 0 Å². The standard InChI is InChI=1S/C31H32ClFN6O2/c1-5-26(41)37-14-15-38(20(3)17-37)30(34-4)23-16-24(32)28(22-8-6-7-9-25(22)33)36-31(23)39(18-40)29-19(2)12-13-35-27(29)21-10-11-21/h5-9,12-13,16,18,20-21H,1,10-11,14-15,17H2,2-4H3. The Morgan fingerprint density at radius 2 is 2.00 bits per heavy atom. The second-order valence-electron chi connectivity index (χ2n) is 10.4. The van der Waals surface area contributed by atoms with Crippen molar-refractivity contribution in [2.75, 3.05) is 31.6 Å². The van der Waals surface area contributed by atoms with Crippen LogP contribution < -0.4 is 4.90 Å². The summed E-state index contributed by atoms with van der Waals surface area (Å²) in [5, 5.41) is 0.222. The van der Waals surface area contributed by atoms with E-state index in [0.29, 0.717) is 36.7 Å². The molecule has 1 aliphatic heterocycles. The number of carbonyl (C=O) groups is 2. The minimum atomic E-state index is -0.476. The summed E-state index contributed by atoms with van der Waals surface area (Å²) in [6, 6.07) is 9.72. The number of halogens is 2. The number of amides is 2. The molecule has 0 radical (unpaired) electrons. The van der Waals surface area contributed by atoms with Crippen LogP contribution in [0.1, 0.15) is 42.5 Å². The largest absolute Gasteiger partial charge is 0.350 e. The highest BCUT2D eigenvalue weighted by Crippen LogP contribution is 2.46. The third kappa shape index (κ3) is 5.46. The van der Waals surface area contributed by atoms with Crippen LogP contribution in [0.4, 0.5) is 15.9 Å². The van der Waals surface area contributed by atoms with Gasteiger partial charge in [-0.25, -0.2) is 9.37 Å². The van der Waals surface area contributed by atoms with Crippen molar-refractivity contribution >= 4 is 41.3 Å². The maximum atomic E-state index is 15.0. The van der Waals surface area contributed by atoms with E-state index in [2.05, 4.69) is 21.5 Å². The van der Waals surface area contributed by atoms with Crippen molar-refractivity contribution in [3.8, 4) is 11.3 Å². The number of aromatic nitrogens is 2. The van der Waals surface area contributed by atoms with E-state index >= 15 is 0 Å². The Labute approximate surface area is 244 Å². The monoisotopic (exact) mass is 574 g/mol. The number of nitrogens with zero attached hydrogens (tertiary/aromatic N) is 6. The molecule has 8 nitrogen and oxygen atoms in total. The van der Waals surface area contributed by atoms with Gasteiger partial charge in [-0.1, -0.05) is 30.3 Å². The molecule has 3 heterocycles. The van der Waals surface area contributed by atoms with Gasteiger partial charge in [0.25, 0.3) is 0 Å². The maximum Gasteiger partial charge on any atom is 0.246 e. The Balaban J connectivity index is 1.69. The molecule has 3 aromatic rings. The van der Waals surface area contributed by atoms with E-state index < -0.39 is 5.82 Å². The summed E-state index contributed by atoms with van der Waals surface area (Å²) in [5.74, 6) is 0.490. The molecule has 2 aliphatic rings. The van der Waals surface area contributed by atoms with E-state index in [1.54, 1.807) is 42.4 Å². The van der Waals surface area contributed by atoms with Crippen molar-refractivity contribution in [1.29, 1.82) is 0 Å². The first-order valence-electron chi connectivity index (χ1n) is 13.6. The molecule has 1 saturated heterocycles. The van der Waals surface area contributed by atoms with Gasteiger partial charge in [0.15, 0.2) is 5.82 Å². The van der Waals surface area contributed by atoms with Crippen molar-refractivity contribution in [1.82, 2.24) is 19.8 Å². The molecule has 0 spiro atoms. The third-order valence-corrected chi connectivity index (χ3v) is 7.90. The first-order valence-corrected chi connectivity index (χ1v) is 14.0. The second kappa shape index (κ2) is 11.8. The van der Waals surface area contributed by atoms with Gasteiger partial charge < -0.3 is 9.80 Å². The fraction of sp³-hybridized carbons (Fsp3) is 0.323. The number of piperazine rings is 1. The molecule has 2 aromatic heterocycles. The molecule has 5 rings (SSSR count). The van der Waals surface area contributed by atoms with Gasteiger partial charge in [-0.05, 0) is 62.6 Å². The first-order chi connectivity index (χ1) is 19.8. The number of aryl methyl sites for hydroxylation is 1. The summed E-state index contributed by atoms with van der Waals surface area (Å²) in [6.45, 7) is 8.99. The molecule has 41 heavy (non-hydrogen) atoms. The molecule has 2 amide bonds. The third-order valence-electron chi connectivity index (χ3n) is 7.62. The number of hydrogen-bond acceptors (Lipinski definition) is 5. The number of pyridine rings is 2. The van der Waals surface area contributed by atoms with Crippen LogP contribution in [-0.2, 0) is 9.59 Å². The van der Waals surface area contributed by atoms with Crippen LogP contribution >= 0.6 is 11.6 Å². The highest BCUT2D eigenvalue weighted by molar-refractivity contribution is 6.33. The lowest BCUT2D eigenvalue weighted by Gasteiger charge is -2.41. The molecular formula is C31H32ClFN6O2. The van der Waals surface area contributed by atoms with Crippen LogP contribution in [0.15, 0.2) is 60.2 Å². The lowest BCUT2D eigenvalue weighted by molar-refractivity contribution is -0.128. The van der Waals surface area contributed by atoms with E-state index in [0.717, 1.165) is 30.5 Å². The fourth-order valence-electron chi connectivity index (χ4n) is 5.42. The van der Waals surface area contributed by atoms with Crippen LogP contribution in [0.2, 0.25) is 5.02 Å². The Kier molecular flexibility index (Phi) is 8.17. The number of amidine groups is 1. The molecule has 212 valence electrons. The highest BCUT2D eigenvalue weighted by Gasteiger charge is 2.35. The summed E-state index contributed by atoms with van der Waals surface area (Å²) in [7, 11) is 1.67. The Hall–Kier alpha value is -4.11. The average Bonchev–Trinajstić information content (AvgIpc) is 3.82. The van der Waals surface area contributed by atoms with Crippen molar-refractivity contribution in [2.45, 2.75) is 38.6 Å². The van der Waals surface area contributed by atoms with Crippen LogP contribution in [0.25, 0.3) is 11.3 Å². The number of benzene rings is 1. The van der Waals surface area contributed by atoms with Crippen molar-refractivity contribution in [3.05, 3.63) is 82.9 Å². The number of anilines is 2. The van der Waals surface area contributed by atoms with Gasteiger partial charge in [0.2, 0.25) is 12.3 Å². The lowest BCUT2D eigenvalue weighted by atomic mass is 10.0. The molecule has 2 fully saturated rings. The SMILES string of the molecule is C=CC(=O)N1CCN(C(=NC)c2cc(Cl)c(-c3ccccc3F)nc2N(C=O)c2c(C)ccnc2C2CC2)C(C)C1. The zero-order chi connectivity index (χ0) is 29.3. The van der Waals surface area contributed by atoms with Gasteiger partial charge in [0, 0.05) is 50.4 Å². The van der Waals surface area contributed by atoms with E-state index in [-0.39, 0.29) is 40.0 Å². The average molecular weight is 575 g/mol. The minimum absolute atomic E-state index is 0.101. The van der Waals surface area contributed by atoms with Crippen LogP contribution in [-0.4, -0.2) is 70.6 Å². The second-order valence-corrected chi connectivity index (χ2v) is 10.8. The van der Waals surface area contributed by atoms with Crippen molar-refractivity contribution in [2.24, 2.45) is 4.99 Å². The lowest BCUT2D eigenvalue weighted by Crippen LogP contribution is -2.55. The molecule has 1 unspecified atom stereocenters. The van der Waals surface area contributed by atoms with E-state index in [1.807, 2.05) is 19.9 Å². The maximum absolute atomic E-state index is 15.0. The molecule has 0 N–H and O–H groups in total. The molecular weight excluding hydrogens is 543 g/mol. The van der Waals surface area contributed by atoms with Gasteiger partial charge in [0.1, 0.15) is 11.7 Å². The van der Waals surface area contributed by atoms with Crippen LogP contribution in [0.3, 0.4) is 0 Å². The summed E-state index contributed by atoms with van der Waals surface area (Å²) in [5.41, 5.74) is 3.31. The van der Waals surface area contributed by atoms with Crippen molar-refractivity contribution < 1.29 is 14.0 Å². The summed E-state index contributed by atoms with van der Waals surface area (Å²) in [6.07, 6.45) is 5.77. The number of carbonyl (C=O) groups excluding carboxylic acids is 2. The number of aliphatic imine (C=N–C) groups is 1. The van der Waals surface area contributed by atoms with Gasteiger partial charge in [-0.3, -0.25) is 24.5 Å². The van der Waals surface area contributed by atoms with E-state index in [4.69, 9.17) is 16.6 Å². The Bertz CT molecular complexity index is 1540. The van der Waals surface area contributed by atoms with E-state index in [1.165, 1.54) is 17.0 Å². The predicted octanol–water partition coefficient (Wildman–Crippen LogP) is 5.51. The quantitative estimate of drug-likeness (QED) is 0.161. The number of rotatable bonds is 7.